The minimum Gasteiger partial charge on any atom is -0.478 e. The van der Waals surface area contributed by atoms with Crippen molar-refractivity contribution in [3.8, 4) is 0 Å². The van der Waals surface area contributed by atoms with Gasteiger partial charge >= 0.3 is 5.97 Å². The number of hydrogen-bond acceptors (Lipinski definition) is 5. The van der Waals surface area contributed by atoms with Gasteiger partial charge in [0.15, 0.2) is 0 Å². The number of ether oxygens (including phenoxy) is 1. The molecule has 0 heterocycles. The molecule has 0 unspecified atom stereocenters. The SMILES string of the molecule is CCOCCCNc1cc(C(=O)O)c(F)cc1[N+](=O)[O-]. The van der Waals surface area contributed by atoms with Crippen LogP contribution in [0.2, 0.25) is 0 Å². The van der Waals surface area contributed by atoms with Crippen LogP contribution in [-0.4, -0.2) is 35.8 Å². The molecule has 0 saturated heterocycles. The maximum atomic E-state index is 13.4. The van der Waals surface area contributed by atoms with Crippen molar-refractivity contribution >= 4 is 17.3 Å². The molecule has 0 saturated carbocycles. The number of aromatic carboxylic acids is 1. The molecule has 0 atom stereocenters. The van der Waals surface area contributed by atoms with Crippen molar-refractivity contribution in [3.63, 3.8) is 0 Å². The van der Waals surface area contributed by atoms with Gasteiger partial charge in [-0.3, -0.25) is 10.1 Å². The monoisotopic (exact) mass is 286 g/mol. The van der Waals surface area contributed by atoms with Gasteiger partial charge in [0.25, 0.3) is 5.69 Å². The van der Waals surface area contributed by atoms with E-state index in [1.165, 1.54) is 0 Å². The van der Waals surface area contributed by atoms with Crippen LogP contribution in [0.1, 0.15) is 23.7 Å². The summed E-state index contributed by atoms with van der Waals surface area (Å²) in [4.78, 5) is 20.9. The van der Waals surface area contributed by atoms with Gasteiger partial charge in [0.1, 0.15) is 11.5 Å². The standard InChI is InChI=1S/C12H15FN2O5/c1-2-20-5-3-4-14-10-6-8(12(16)17)9(13)7-11(10)15(18)19/h6-7,14H,2-5H2,1H3,(H,16,17). The van der Waals surface area contributed by atoms with Crippen LogP contribution in [0.4, 0.5) is 15.8 Å². The smallest absolute Gasteiger partial charge is 0.338 e. The third kappa shape index (κ3) is 4.16. The number of carbonyl (C=O) groups is 1. The summed E-state index contributed by atoms with van der Waals surface area (Å²) in [7, 11) is 0. The van der Waals surface area contributed by atoms with Crippen LogP contribution in [-0.2, 0) is 4.74 Å². The molecule has 20 heavy (non-hydrogen) atoms. The predicted octanol–water partition coefficient (Wildman–Crippen LogP) is 2.27. The Labute approximate surface area is 114 Å². The second kappa shape index (κ2) is 7.39. The summed E-state index contributed by atoms with van der Waals surface area (Å²) in [6, 6.07) is 1.53. The van der Waals surface area contributed by atoms with Crippen LogP contribution in [0.3, 0.4) is 0 Å². The molecule has 0 fully saturated rings. The number of benzene rings is 1. The highest BCUT2D eigenvalue weighted by molar-refractivity contribution is 5.90. The van der Waals surface area contributed by atoms with Gasteiger partial charge in [0.05, 0.1) is 16.6 Å². The number of rotatable bonds is 8. The number of carboxylic acid groups (broad SMARTS) is 1. The van der Waals surface area contributed by atoms with Gasteiger partial charge < -0.3 is 15.2 Å². The predicted molar refractivity (Wildman–Crippen MR) is 69.6 cm³/mol. The maximum absolute atomic E-state index is 13.4. The van der Waals surface area contributed by atoms with E-state index in [1.807, 2.05) is 6.92 Å². The molecule has 1 aromatic carbocycles. The average Bonchev–Trinajstić information content (AvgIpc) is 2.39. The zero-order valence-corrected chi connectivity index (χ0v) is 10.9. The number of nitro groups is 1. The van der Waals surface area contributed by atoms with Crippen molar-refractivity contribution in [2.24, 2.45) is 0 Å². The number of nitrogens with zero attached hydrogens (tertiary/aromatic N) is 1. The van der Waals surface area contributed by atoms with E-state index in [9.17, 15) is 19.3 Å². The van der Waals surface area contributed by atoms with E-state index < -0.39 is 28.0 Å². The molecule has 0 bridgehead atoms. The van der Waals surface area contributed by atoms with Crippen molar-refractivity contribution < 1.29 is 24.0 Å². The molecule has 0 radical (unpaired) electrons. The van der Waals surface area contributed by atoms with Crippen LogP contribution in [0.15, 0.2) is 12.1 Å². The molecule has 1 aromatic rings. The highest BCUT2D eigenvalue weighted by Crippen LogP contribution is 2.27. The number of nitro benzene ring substituents is 1. The van der Waals surface area contributed by atoms with Gasteiger partial charge in [-0.25, -0.2) is 9.18 Å². The quantitative estimate of drug-likeness (QED) is 0.432. The lowest BCUT2D eigenvalue weighted by atomic mass is 10.1. The molecule has 0 aromatic heterocycles. The van der Waals surface area contributed by atoms with E-state index in [0.717, 1.165) is 6.07 Å². The number of anilines is 1. The zero-order chi connectivity index (χ0) is 15.1. The highest BCUT2D eigenvalue weighted by Gasteiger charge is 2.21. The van der Waals surface area contributed by atoms with E-state index in [-0.39, 0.29) is 5.69 Å². The van der Waals surface area contributed by atoms with Crippen molar-refractivity contribution in [2.75, 3.05) is 25.1 Å². The summed E-state index contributed by atoms with van der Waals surface area (Å²) in [5.41, 5.74) is -1.13. The van der Waals surface area contributed by atoms with Gasteiger partial charge in [-0.2, -0.15) is 0 Å². The Hall–Kier alpha value is -2.22. The van der Waals surface area contributed by atoms with Crippen LogP contribution >= 0.6 is 0 Å². The molecule has 0 spiro atoms. The van der Waals surface area contributed by atoms with E-state index in [0.29, 0.717) is 32.2 Å². The lowest BCUT2D eigenvalue weighted by Crippen LogP contribution is -2.10. The molecule has 0 aliphatic heterocycles. The lowest BCUT2D eigenvalue weighted by molar-refractivity contribution is -0.384. The average molecular weight is 286 g/mol. The first-order valence-corrected chi connectivity index (χ1v) is 6.00. The molecule has 0 aliphatic rings. The fourth-order valence-corrected chi connectivity index (χ4v) is 1.56. The van der Waals surface area contributed by atoms with Crippen molar-refractivity contribution in [2.45, 2.75) is 13.3 Å². The number of carboxylic acids is 1. The third-order valence-corrected chi connectivity index (χ3v) is 2.50. The van der Waals surface area contributed by atoms with Crippen molar-refractivity contribution in [1.29, 1.82) is 0 Å². The highest BCUT2D eigenvalue weighted by atomic mass is 19.1. The first-order chi connectivity index (χ1) is 9.47. The summed E-state index contributed by atoms with van der Waals surface area (Å²) in [6.45, 7) is 3.24. The molecular formula is C12H15FN2O5. The molecule has 0 amide bonds. The molecule has 2 N–H and O–H groups in total. The normalized spacial score (nSPS) is 10.3. The Balaban J connectivity index is 2.88. The van der Waals surface area contributed by atoms with Crippen LogP contribution < -0.4 is 5.32 Å². The molecule has 1 rings (SSSR count). The fourth-order valence-electron chi connectivity index (χ4n) is 1.56. The number of nitrogens with one attached hydrogen (secondary N) is 1. The molecule has 110 valence electrons. The Morgan fingerprint density at radius 2 is 2.25 bits per heavy atom. The zero-order valence-electron chi connectivity index (χ0n) is 10.9. The number of hydrogen-bond donors (Lipinski definition) is 2. The number of halogens is 1. The Morgan fingerprint density at radius 3 is 2.80 bits per heavy atom. The summed E-state index contributed by atoms with van der Waals surface area (Å²) in [5.74, 6) is -2.61. The van der Waals surface area contributed by atoms with Crippen LogP contribution in [0, 0.1) is 15.9 Å². The third-order valence-electron chi connectivity index (χ3n) is 2.50. The van der Waals surface area contributed by atoms with Crippen molar-refractivity contribution in [1.82, 2.24) is 0 Å². The summed E-state index contributed by atoms with van der Waals surface area (Å²) in [5, 5.41) is 22.3. The molecular weight excluding hydrogens is 271 g/mol. The second-order valence-electron chi connectivity index (χ2n) is 3.89. The van der Waals surface area contributed by atoms with E-state index >= 15 is 0 Å². The van der Waals surface area contributed by atoms with E-state index in [1.54, 1.807) is 0 Å². The van der Waals surface area contributed by atoms with E-state index in [2.05, 4.69) is 5.32 Å². The molecule has 8 heteroatoms. The van der Waals surface area contributed by atoms with Crippen LogP contribution in [0.5, 0.6) is 0 Å². The second-order valence-corrected chi connectivity index (χ2v) is 3.89. The van der Waals surface area contributed by atoms with Gasteiger partial charge in [-0.1, -0.05) is 0 Å². The summed E-state index contributed by atoms with van der Waals surface area (Å²) >= 11 is 0. The minimum atomic E-state index is -1.48. The fraction of sp³-hybridized carbons (Fsp3) is 0.417. The lowest BCUT2D eigenvalue weighted by Gasteiger charge is -2.08. The van der Waals surface area contributed by atoms with E-state index in [4.69, 9.17) is 9.84 Å². The van der Waals surface area contributed by atoms with Crippen LogP contribution in [0.25, 0.3) is 0 Å². The Morgan fingerprint density at radius 1 is 1.55 bits per heavy atom. The summed E-state index contributed by atoms with van der Waals surface area (Å²) in [6.07, 6.45) is 0.588. The molecule has 0 aliphatic carbocycles. The van der Waals surface area contributed by atoms with Crippen molar-refractivity contribution in [3.05, 3.63) is 33.6 Å². The Kier molecular flexibility index (Phi) is 5.85. The van der Waals surface area contributed by atoms with Gasteiger partial charge in [0, 0.05) is 19.8 Å². The largest absolute Gasteiger partial charge is 0.478 e. The van der Waals surface area contributed by atoms with Gasteiger partial charge in [-0.05, 0) is 19.4 Å². The first-order valence-electron chi connectivity index (χ1n) is 6.00. The summed E-state index contributed by atoms with van der Waals surface area (Å²) < 4.78 is 18.5. The van der Waals surface area contributed by atoms with Gasteiger partial charge in [0.2, 0.25) is 0 Å². The molecule has 7 nitrogen and oxygen atoms in total. The Bertz CT molecular complexity index is 507. The first kappa shape index (κ1) is 15.8. The maximum Gasteiger partial charge on any atom is 0.338 e. The topological polar surface area (TPSA) is 102 Å². The minimum absolute atomic E-state index is 0.0229. The van der Waals surface area contributed by atoms with Gasteiger partial charge in [-0.15, -0.1) is 0 Å².